The predicted molar refractivity (Wildman–Crippen MR) is 79.0 cm³/mol. The van der Waals surface area contributed by atoms with Gasteiger partial charge in [0.15, 0.2) is 6.61 Å². The fourth-order valence-corrected chi connectivity index (χ4v) is 2.42. The van der Waals surface area contributed by atoms with E-state index in [9.17, 15) is 9.90 Å². The lowest BCUT2D eigenvalue weighted by molar-refractivity contribution is -0.168. The summed E-state index contributed by atoms with van der Waals surface area (Å²) in [5.41, 5.74) is 5.78. The van der Waals surface area contributed by atoms with Crippen LogP contribution in [0, 0.1) is 0 Å². The van der Waals surface area contributed by atoms with Gasteiger partial charge in [-0.05, 0) is 26.0 Å². The van der Waals surface area contributed by atoms with Gasteiger partial charge in [-0.15, -0.1) is 0 Å². The van der Waals surface area contributed by atoms with Crippen LogP contribution in [0.15, 0.2) is 24.3 Å². The van der Waals surface area contributed by atoms with Crippen molar-refractivity contribution < 1.29 is 19.4 Å². The number of ether oxygens (including phenoxy) is 2. The van der Waals surface area contributed by atoms with Gasteiger partial charge >= 0.3 is 0 Å². The Labute approximate surface area is 124 Å². The van der Waals surface area contributed by atoms with Crippen molar-refractivity contribution in [1.82, 2.24) is 4.90 Å². The number of hydrogen-bond donors (Lipinski definition) is 2. The summed E-state index contributed by atoms with van der Waals surface area (Å²) in [6.07, 6.45) is -0.356. The van der Waals surface area contributed by atoms with Crippen LogP contribution in [0.3, 0.4) is 0 Å². The second-order valence-corrected chi connectivity index (χ2v) is 5.82. The number of carbonyl (C=O) groups excluding carboxylic acids is 1. The Kier molecular flexibility index (Phi) is 4.69. The van der Waals surface area contributed by atoms with Crippen molar-refractivity contribution in [1.29, 1.82) is 0 Å². The zero-order valence-corrected chi connectivity index (χ0v) is 12.4. The Morgan fingerprint density at radius 1 is 1.57 bits per heavy atom. The summed E-state index contributed by atoms with van der Waals surface area (Å²) in [4.78, 5) is 13.9. The number of aliphatic hydroxyl groups excluding tert-OH is 1. The van der Waals surface area contributed by atoms with Crippen LogP contribution in [0.25, 0.3) is 0 Å². The molecule has 1 atom stereocenters. The molecular weight excluding hydrogens is 272 g/mol. The number of nitrogen functional groups attached to an aromatic ring is 1. The lowest BCUT2D eigenvalue weighted by atomic mass is 10.1. The number of nitrogens with zero attached hydrogens (tertiary/aromatic N) is 1. The van der Waals surface area contributed by atoms with E-state index in [0.29, 0.717) is 24.5 Å². The van der Waals surface area contributed by atoms with Crippen LogP contribution in [0.2, 0.25) is 0 Å². The minimum absolute atomic E-state index is 0.0579. The van der Waals surface area contributed by atoms with Gasteiger partial charge < -0.3 is 25.2 Å². The van der Waals surface area contributed by atoms with E-state index < -0.39 is 5.60 Å². The van der Waals surface area contributed by atoms with Crippen LogP contribution in [-0.4, -0.2) is 53.9 Å². The number of amides is 1. The first kappa shape index (κ1) is 15.6. The van der Waals surface area contributed by atoms with Gasteiger partial charge in [-0.2, -0.15) is 0 Å². The van der Waals surface area contributed by atoms with Crippen molar-refractivity contribution in [2.75, 3.05) is 32.0 Å². The van der Waals surface area contributed by atoms with Crippen molar-refractivity contribution in [3.8, 4) is 5.75 Å². The first-order chi connectivity index (χ1) is 9.89. The van der Waals surface area contributed by atoms with Gasteiger partial charge in [-0.1, -0.05) is 6.07 Å². The van der Waals surface area contributed by atoms with E-state index in [1.807, 2.05) is 13.8 Å². The number of aliphatic hydroxyl groups is 1. The molecule has 1 aromatic rings. The first-order valence-corrected chi connectivity index (χ1v) is 6.94. The maximum Gasteiger partial charge on any atom is 0.260 e. The molecule has 2 rings (SSSR count). The van der Waals surface area contributed by atoms with Crippen LogP contribution in [0.1, 0.15) is 13.8 Å². The highest BCUT2D eigenvalue weighted by molar-refractivity contribution is 5.78. The monoisotopic (exact) mass is 294 g/mol. The van der Waals surface area contributed by atoms with Gasteiger partial charge in [0.1, 0.15) is 5.75 Å². The van der Waals surface area contributed by atoms with Crippen LogP contribution < -0.4 is 10.5 Å². The molecule has 0 radical (unpaired) electrons. The molecule has 1 heterocycles. The molecule has 1 amide bonds. The fraction of sp³-hybridized carbons (Fsp3) is 0.533. The molecule has 0 aliphatic carbocycles. The number of hydrogen-bond acceptors (Lipinski definition) is 5. The van der Waals surface area contributed by atoms with Crippen LogP contribution in [0.4, 0.5) is 5.69 Å². The molecule has 0 spiro atoms. The average molecular weight is 294 g/mol. The second-order valence-electron chi connectivity index (χ2n) is 5.82. The molecule has 1 aliphatic rings. The van der Waals surface area contributed by atoms with Gasteiger partial charge in [0, 0.05) is 24.8 Å². The van der Waals surface area contributed by atoms with Crippen molar-refractivity contribution in [2.24, 2.45) is 0 Å². The molecule has 0 bridgehead atoms. The molecule has 0 saturated carbocycles. The molecule has 3 N–H and O–H groups in total. The van der Waals surface area contributed by atoms with E-state index in [-0.39, 0.29) is 25.2 Å². The third kappa shape index (κ3) is 4.34. The topological polar surface area (TPSA) is 85.0 Å². The van der Waals surface area contributed by atoms with Gasteiger partial charge in [-0.3, -0.25) is 4.79 Å². The zero-order valence-electron chi connectivity index (χ0n) is 12.4. The van der Waals surface area contributed by atoms with E-state index in [1.54, 1.807) is 29.2 Å². The molecule has 21 heavy (non-hydrogen) atoms. The van der Waals surface area contributed by atoms with Crippen LogP contribution >= 0.6 is 0 Å². The van der Waals surface area contributed by atoms with E-state index in [4.69, 9.17) is 15.2 Å². The molecule has 1 unspecified atom stereocenters. The van der Waals surface area contributed by atoms with Gasteiger partial charge in [0.2, 0.25) is 0 Å². The maximum absolute atomic E-state index is 12.2. The lowest BCUT2D eigenvalue weighted by Gasteiger charge is -2.42. The molecule has 0 aromatic heterocycles. The van der Waals surface area contributed by atoms with E-state index in [2.05, 4.69) is 0 Å². The standard InChI is InChI=1S/C15H22N2O4/c1-15(2)10-17(7-13(8-18)21-15)14(19)9-20-12-5-3-4-11(16)6-12/h3-6,13,18H,7-10,16H2,1-2H3. The van der Waals surface area contributed by atoms with Crippen molar-refractivity contribution in [2.45, 2.75) is 25.6 Å². The number of nitrogens with two attached hydrogens (primary N) is 1. The Morgan fingerprint density at radius 2 is 2.33 bits per heavy atom. The van der Waals surface area contributed by atoms with Crippen LogP contribution in [0.5, 0.6) is 5.75 Å². The summed E-state index contributed by atoms with van der Waals surface area (Å²) in [5, 5.41) is 9.25. The maximum atomic E-state index is 12.2. The van der Waals surface area contributed by atoms with E-state index in [0.717, 1.165) is 0 Å². The Balaban J connectivity index is 1.93. The van der Waals surface area contributed by atoms with E-state index >= 15 is 0 Å². The molecule has 1 saturated heterocycles. The molecule has 116 valence electrons. The fourth-order valence-electron chi connectivity index (χ4n) is 2.42. The Hall–Kier alpha value is -1.79. The van der Waals surface area contributed by atoms with Gasteiger partial charge in [0.25, 0.3) is 5.91 Å². The lowest BCUT2D eigenvalue weighted by Crippen LogP contribution is -2.56. The summed E-state index contributed by atoms with van der Waals surface area (Å²) < 4.78 is 11.1. The number of carbonyl (C=O) groups is 1. The third-order valence-electron chi connectivity index (χ3n) is 3.26. The van der Waals surface area contributed by atoms with Crippen molar-refractivity contribution >= 4 is 11.6 Å². The second kappa shape index (κ2) is 6.32. The molecule has 6 nitrogen and oxygen atoms in total. The average Bonchev–Trinajstić information content (AvgIpc) is 2.43. The SMILES string of the molecule is CC1(C)CN(C(=O)COc2cccc(N)c2)CC(CO)O1. The minimum atomic E-state index is -0.474. The molecule has 1 fully saturated rings. The smallest absolute Gasteiger partial charge is 0.260 e. The minimum Gasteiger partial charge on any atom is -0.484 e. The number of anilines is 1. The number of morpholine rings is 1. The predicted octanol–water partition coefficient (Wildman–Crippen LogP) is 0.646. The normalized spacial score (nSPS) is 21.1. The molecule has 1 aromatic carbocycles. The summed E-state index contributed by atoms with van der Waals surface area (Å²) in [7, 11) is 0. The summed E-state index contributed by atoms with van der Waals surface area (Å²) in [5.74, 6) is 0.432. The Morgan fingerprint density at radius 3 is 3.00 bits per heavy atom. The molecule has 1 aliphatic heterocycles. The van der Waals surface area contributed by atoms with Crippen LogP contribution in [-0.2, 0) is 9.53 Å². The van der Waals surface area contributed by atoms with Gasteiger partial charge in [-0.25, -0.2) is 0 Å². The number of rotatable bonds is 4. The molecule has 6 heteroatoms. The quantitative estimate of drug-likeness (QED) is 0.796. The van der Waals surface area contributed by atoms with E-state index in [1.165, 1.54) is 0 Å². The van der Waals surface area contributed by atoms with Gasteiger partial charge in [0.05, 0.1) is 18.3 Å². The number of benzene rings is 1. The summed E-state index contributed by atoms with van der Waals surface area (Å²) >= 11 is 0. The third-order valence-corrected chi connectivity index (χ3v) is 3.26. The van der Waals surface area contributed by atoms with Crippen molar-refractivity contribution in [3.63, 3.8) is 0 Å². The first-order valence-electron chi connectivity index (χ1n) is 6.94. The Bertz CT molecular complexity index is 504. The van der Waals surface area contributed by atoms with Crippen molar-refractivity contribution in [3.05, 3.63) is 24.3 Å². The zero-order chi connectivity index (χ0) is 15.5. The summed E-state index contributed by atoms with van der Waals surface area (Å²) in [6.45, 7) is 4.48. The highest BCUT2D eigenvalue weighted by Crippen LogP contribution is 2.21. The summed E-state index contributed by atoms with van der Waals surface area (Å²) in [6, 6.07) is 6.95. The molecular formula is C15H22N2O4. The highest BCUT2D eigenvalue weighted by Gasteiger charge is 2.35. The largest absolute Gasteiger partial charge is 0.484 e. The highest BCUT2D eigenvalue weighted by atomic mass is 16.5.